The average Bonchev–Trinajstić information content (AvgIpc) is 2.30. The van der Waals surface area contributed by atoms with E-state index in [9.17, 15) is 4.79 Å². The van der Waals surface area contributed by atoms with E-state index in [1.54, 1.807) is 13.8 Å². The standard InChI is InChI=1S/C9H7N.C4H8O2/c1-2-6-9-8(4-1)5-3-7-10-9;1-4(2)6-3-5/h1-7H;3-4H,1-2H3. The molecular weight excluding hydrogens is 202 g/mol. The van der Waals surface area contributed by atoms with Crippen molar-refractivity contribution < 1.29 is 9.53 Å². The molecule has 1 aromatic carbocycles. The zero-order chi connectivity index (χ0) is 11.8. The van der Waals surface area contributed by atoms with Crippen molar-refractivity contribution in [3.05, 3.63) is 42.6 Å². The van der Waals surface area contributed by atoms with Crippen LogP contribution in [0.1, 0.15) is 13.8 Å². The first-order chi connectivity index (χ1) is 7.74. The molecule has 3 heteroatoms. The SMILES string of the molecule is CC(C)OC=O.c1ccc2ncccc2c1. The lowest BCUT2D eigenvalue weighted by molar-refractivity contribution is -0.131. The summed E-state index contributed by atoms with van der Waals surface area (Å²) in [4.78, 5) is 13.6. The second kappa shape index (κ2) is 6.56. The number of nitrogens with zero attached hydrogens (tertiary/aromatic N) is 1. The van der Waals surface area contributed by atoms with Crippen molar-refractivity contribution in [1.82, 2.24) is 4.98 Å². The molecule has 1 heterocycles. The van der Waals surface area contributed by atoms with Gasteiger partial charge in [-0.2, -0.15) is 0 Å². The highest BCUT2D eigenvalue weighted by molar-refractivity contribution is 5.77. The van der Waals surface area contributed by atoms with Crippen molar-refractivity contribution in [2.75, 3.05) is 0 Å². The number of carbonyl (C=O) groups excluding carboxylic acids is 1. The largest absolute Gasteiger partial charge is 0.465 e. The summed E-state index contributed by atoms with van der Waals surface area (Å²) in [7, 11) is 0. The molecular formula is C13H15NO2. The van der Waals surface area contributed by atoms with Gasteiger partial charge >= 0.3 is 0 Å². The summed E-state index contributed by atoms with van der Waals surface area (Å²) >= 11 is 0. The zero-order valence-corrected chi connectivity index (χ0v) is 9.46. The molecule has 2 aromatic rings. The minimum Gasteiger partial charge on any atom is -0.465 e. The monoisotopic (exact) mass is 217 g/mol. The molecule has 1 aromatic heterocycles. The summed E-state index contributed by atoms with van der Waals surface area (Å²) in [5.41, 5.74) is 1.06. The second-order valence-electron chi connectivity index (χ2n) is 3.48. The summed E-state index contributed by atoms with van der Waals surface area (Å²) in [6.07, 6.45) is 1.84. The van der Waals surface area contributed by atoms with E-state index in [0.717, 1.165) is 5.52 Å². The topological polar surface area (TPSA) is 39.2 Å². The Morgan fingerprint density at radius 3 is 2.44 bits per heavy atom. The van der Waals surface area contributed by atoms with Gasteiger partial charge in [-0.15, -0.1) is 0 Å². The number of hydrogen-bond donors (Lipinski definition) is 0. The summed E-state index contributed by atoms with van der Waals surface area (Å²) in [5.74, 6) is 0. The number of benzene rings is 1. The molecule has 0 aliphatic carbocycles. The molecule has 0 saturated carbocycles. The number of fused-ring (bicyclic) bond motifs is 1. The molecule has 0 spiro atoms. The first kappa shape index (κ1) is 12.2. The summed E-state index contributed by atoms with van der Waals surface area (Å²) in [6.45, 7) is 4.05. The van der Waals surface area contributed by atoms with Gasteiger partial charge in [0.25, 0.3) is 6.47 Å². The van der Waals surface area contributed by atoms with Gasteiger partial charge in [-0.1, -0.05) is 24.3 Å². The third kappa shape index (κ3) is 4.09. The zero-order valence-electron chi connectivity index (χ0n) is 9.46. The Hall–Kier alpha value is -1.90. The Labute approximate surface area is 95.1 Å². The first-order valence-corrected chi connectivity index (χ1v) is 5.13. The van der Waals surface area contributed by atoms with Gasteiger partial charge in [0, 0.05) is 11.6 Å². The van der Waals surface area contributed by atoms with Crippen molar-refractivity contribution in [1.29, 1.82) is 0 Å². The Balaban J connectivity index is 0.000000187. The quantitative estimate of drug-likeness (QED) is 0.726. The van der Waals surface area contributed by atoms with E-state index < -0.39 is 0 Å². The van der Waals surface area contributed by atoms with Crippen LogP contribution >= 0.6 is 0 Å². The molecule has 0 atom stereocenters. The van der Waals surface area contributed by atoms with Crippen LogP contribution in [0.15, 0.2) is 42.6 Å². The Morgan fingerprint density at radius 2 is 1.88 bits per heavy atom. The highest BCUT2D eigenvalue weighted by Crippen LogP contribution is 2.07. The molecule has 0 N–H and O–H groups in total. The molecule has 0 fully saturated rings. The van der Waals surface area contributed by atoms with Crippen molar-refractivity contribution in [2.45, 2.75) is 20.0 Å². The number of para-hydroxylation sites is 1. The normalized spacial score (nSPS) is 9.44. The number of rotatable bonds is 2. The highest BCUT2D eigenvalue weighted by atomic mass is 16.5. The Morgan fingerprint density at radius 1 is 1.19 bits per heavy atom. The third-order valence-corrected chi connectivity index (χ3v) is 1.84. The molecule has 0 unspecified atom stereocenters. The highest BCUT2D eigenvalue weighted by Gasteiger charge is 1.86. The second-order valence-corrected chi connectivity index (χ2v) is 3.48. The fourth-order valence-electron chi connectivity index (χ4n) is 1.13. The van der Waals surface area contributed by atoms with Crippen LogP contribution in [0.4, 0.5) is 0 Å². The summed E-state index contributed by atoms with van der Waals surface area (Å²) < 4.78 is 4.36. The van der Waals surface area contributed by atoms with Crippen molar-refractivity contribution in [3.63, 3.8) is 0 Å². The van der Waals surface area contributed by atoms with Crippen LogP contribution in [0.5, 0.6) is 0 Å². The number of ether oxygens (including phenoxy) is 1. The molecule has 0 radical (unpaired) electrons. The van der Waals surface area contributed by atoms with Crippen molar-refractivity contribution in [2.24, 2.45) is 0 Å². The minimum absolute atomic E-state index is 0.0301. The summed E-state index contributed by atoms with van der Waals surface area (Å²) in [5, 5.41) is 1.20. The van der Waals surface area contributed by atoms with Gasteiger partial charge in [0.2, 0.25) is 0 Å². The number of hydrogen-bond acceptors (Lipinski definition) is 3. The van der Waals surface area contributed by atoms with Gasteiger partial charge in [0.05, 0.1) is 11.6 Å². The fraction of sp³-hybridized carbons (Fsp3) is 0.231. The van der Waals surface area contributed by atoms with Crippen LogP contribution < -0.4 is 0 Å². The van der Waals surface area contributed by atoms with E-state index in [1.807, 2.05) is 30.5 Å². The number of carbonyl (C=O) groups is 1. The average molecular weight is 217 g/mol. The van der Waals surface area contributed by atoms with Gasteiger partial charge < -0.3 is 4.74 Å². The lowest BCUT2D eigenvalue weighted by Crippen LogP contribution is -1.98. The van der Waals surface area contributed by atoms with E-state index in [4.69, 9.17) is 0 Å². The van der Waals surface area contributed by atoms with Gasteiger partial charge in [0.15, 0.2) is 0 Å². The molecule has 16 heavy (non-hydrogen) atoms. The molecule has 2 rings (SSSR count). The Bertz CT molecular complexity index is 375. The van der Waals surface area contributed by atoms with Crippen LogP contribution in [-0.4, -0.2) is 17.6 Å². The smallest absolute Gasteiger partial charge is 0.293 e. The van der Waals surface area contributed by atoms with Crippen LogP contribution in [0, 0.1) is 0 Å². The maximum Gasteiger partial charge on any atom is 0.293 e. The van der Waals surface area contributed by atoms with E-state index in [1.165, 1.54) is 5.39 Å². The molecule has 3 nitrogen and oxygen atoms in total. The molecule has 0 bridgehead atoms. The van der Waals surface area contributed by atoms with Crippen LogP contribution in [0.2, 0.25) is 0 Å². The lowest BCUT2D eigenvalue weighted by atomic mass is 10.2. The van der Waals surface area contributed by atoms with Gasteiger partial charge in [-0.25, -0.2) is 0 Å². The van der Waals surface area contributed by atoms with Crippen LogP contribution in [0.25, 0.3) is 10.9 Å². The number of pyridine rings is 1. The maximum atomic E-state index is 9.39. The molecule has 0 aliphatic heterocycles. The summed E-state index contributed by atoms with van der Waals surface area (Å²) in [6, 6.07) is 12.1. The third-order valence-electron chi connectivity index (χ3n) is 1.84. The van der Waals surface area contributed by atoms with Gasteiger partial charge in [-0.3, -0.25) is 9.78 Å². The van der Waals surface area contributed by atoms with Crippen molar-refractivity contribution >= 4 is 17.4 Å². The van der Waals surface area contributed by atoms with Gasteiger partial charge in [-0.05, 0) is 26.0 Å². The Kier molecular flexibility index (Phi) is 4.99. The van der Waals surface area contributed by atoms with Crippen molar-refractivity contribution in [3.8, 4) is 0 Å². The van der Waals surface area contributed by atoms with Crippen LogP contribution in [0.3, 0.4) is 0 Å². The van der Waals surface area contributed by atoms with E-state index in [-0.39, 0.29) is 6.10 Å². The molecule has 0 amide bonds. The lowest BCUT2D eigenvalue weighted by Gasteiger charge is -1.96. The molecule has 84 valence electrons. The first-order valence-electron chi connectivity index (χ1n) is 5.13. The molecule has 0 aliphatic rings. The molecule has 0 saturated heterocycles. The fourth-order valence-corrected chi connectivity index (χ4v) is 1.13. The number of aromatic nitrogens is 1. The predicted molar refractivity (Wildman–Crippen MR) is 64.0 cm³/mol. The predicted octanol–water partition coefficient (Wildman–Crippen LogP) is 2.80. The minimum atomic E-state index is 0.0301. The van der Waals surface area contributed by atoms with E-state index in [2.05, 4.69) is 21.9 Å². The van der Waals surface area contributed by atoms with Crippen LogP contribution in [-0.2, 0) is 9.53 Å². The maximum absolute atomic E-state index is 9.39. The van der Waals surface area contributed by atoms with Gasteiger partial charge in [0.1, 0.15) is 0 Å². The van der Waals surface area contributed by atoms with E-state index >= 15 is 0 Å². The van der Waals surface area contributed by atoms with E-state index in [0.29, 0.717) is 6.47 Å².